The molecule has 0 bridgehead atoms. The lowest BCUT2D eigenvalue weighted by Gasteiger charge is -2.08. The molecule has 0 heterocycles. The normalized spacial score (nSPS) is 19.9. The zero-order valence-electron chi connectivity index (χ0n) is 8.24. The zero-order valence-corrected chi connectivity index (χ0v) is 8.24. The highest BCUT2D eigenvalue weighted by atomic mass is 14.1. The maximum absolute atomic E-state index is 3.30. The summed E-state index contributed by atoms with van der Waals surface area (Å²) < 4.78 is 0. The van der Waals surface area contributed by atoms with Crippen LogP contribution in [0.3, 0.4) is 0 Å². The number of rotatable bonds is 0. The Hall–Kier alpha value is -1.48. The Kier molecular flexibility index (Phi) is 3.03. The highest BCUT2D eigenvalue weighted by Gasteiger charge is 2.03. The van der Waals surface area contributed by atoms with Crippen LogP contribution in [0.4, 0.5) is 0 Å². The molecule has 14 heavy (non-hydrogen) atoms. The number of hydrogen-bond acceptors (Lipinski definition) is 0. The second-order valence-electron chi connectivity index (χ2n) is 3.60. The van der Waals surface area contributed by atoms with Gasteiger partial charge in [0.05, 0.1) is 0 Å². The molecule has 0 saturated heterocycles. The van der Waals surface area contributed by atoms with Crippen molar-refractivity contribution in [2.45, 2.75) is 19.3 Å². The van der Waals surface area contributed by atoms with E-state index in [4.69, 9.17) is 0 Å². The largest absolute Gasteiger partial charge is 0.0903 e. The monoisotopic (exact) mass is 182 g/mol. The lowest BCUT2D eigenvalue weighted by Crippen LogP contribution is -1.96. The molecule has 0 N–H and O–H groups in total. The molecule has 0 heteroatoms. The minimum absolute atomic E-state index is 0.476. The van der Waals surface area contributed by atoms with Crippen LogP contribution in [0.2, 0.25) is 0 Å². The Morgan fingerprint density at radius 1 is 1.14 bits per heavy atom. The van der Waals surface area contributed by atoms with Crippen molar-refractivity contribution in [2.24, 2.45) is 5.92 Å². The first kappa shape index (κ1) is 9.09. The minimum Gasteiger partial charge on any atom is -0.0903 e. The third-order valence-electron chi connectivity index (χ3n) is 2.43. The first-order valence-electron chi connectivity index (χ1n) is 5.18. The molecule has 1 aromatic carbocycles. The fourth-order valence-electron chi connectivity index (χ4n) is 1.63. The molecule has 0 unspecified atom stereocenters. The van der Waals surface area contributed by atoms with E-state index in [2.05, 4.69) is 36.1 Å². The summed E-state index contributed by atoms with van der Waals surface area (Å²) in [6, 6.07) is 10.2. The first-order chi connectivity index (χ1) is 6.95. The summed E-state index contributed by atoms with van der Waals surface area (Å²) >= 11 is 0. The van der Waals surface area contributed by atoms with Crippen LogP contribution in [0.15, 0.2) is 42.5 Å². The Bertz CT molecular complexity index is 362. The van der Waals surface area contributed by atoms with Crippen molar-refractivity contribution in [3.05, 3.63) is 48.0 Å². The fourth-order valence-corrected chi connectivity index (χ4v) is 1.63. The van der Waals surface area contributed by atoms with Gasteiger partial charge in [-0.05, 0) is 31.4 Å². The topological polar surface area (TPSA) is 0 Å². The van der Waals surface area contributed by atoms with Crippen molar-refractivity contribution in [1.29, 1.82) is 0 Å². The standard InChI is InChI=1S/C14H14/c1-3-7-13(8-4-1)11-12-14-9-5-2-6-10-14/h1,3-5,7-9,14H,2,6,10H2/t14-/m0/s1. The van der Waals surface area contributed by atoms with Gasteiger partial charge in [-0.15, -0.1) is 0 Å². The third-order valence-corrected chi connectivity index (χ3v) is 2.43. The maximum atomic E-state index is 3.30. The van der Waals surface area contributed by atoms with Crippen LogP contribution >= 0.6 is 0 Å². The van der Waals surface area contributed by atoms with Gasteiger partial charge < -0.3 is 0 Å². The molecule has 1 aliphatic carbocycles. The highest BCUT2D eigenvalue weighted by molar-refractivity contribution is 5.34. The van der Waals surface area contributed by atoms with E-state index >= 15 is 0 Å². The van der Waals surface area contributed by atoms with Crippen molar-refractivity contribution in [2.75, 3.05) is 0 Å². The Morgan fingerprint density at radius 3 is 2.71 bits per heavy atom. The molecule has 1 aliphatic rings. The van der Waals surface area contributed by atoms with E-state index in [1.165, 1.54) is 19.3 Å². The molecule has 1 aromatic rings. The van der Waals surface area contributed by atoms with Gasteiger partial charge in [-0.25, -0.2) is 0 Å². The first-order valence-corrected chi connectivity index (χ1v) is 5.18. The second kappa shape index (κ2) is 4.67. The van der Waals surface area contributed by atoms with Gasteiger partial charge in [0.2, 0.25) is 0 Å². The van der Waals surface area contributed by atoms with E-state index in [0.29, 0.717) is 5.92 Å². The van der Waals surface area contributed by atoms with Gasteiger partial charge in [0, 0.05) is 11.5 Å². The quantitative estimate of drug-likeness (QED) is 0.426. The van der Waals surface area contributed by atoms with Crippen molar-refractivity contribution in [1.82, 2.24) is 0 Å². The van der Waals surface area contributed by atoms with E-state index in [9.17, 15) is 0 Å². The molecular weight excluding hydrogens is 168 g/mol. The fraction of sp³-hybridized carbons (Fsp3) is 0.286. The average molecular weight is 182 g/mol. The molecule has 0 spiro atoms. The average Bonchev–Trinajstić information content (AvgIpc) is 2.29. The summed E-state index contributed by atoms with van der Waals surface area (Å²) in [6.45, 7) is 0. The van der Waals surface area contributed by atoms with Gasteiger partial charge in [0.1, 0.15) is 0 Å². The predicted molar refractivity (Wildman–Crippen MR) is 59.8 cm³/mol. The van der Waals surface area contributed by atoms with Crippen molar-refractivity contribution in [3.8, 4) is 11.8 Å². The Labute approximate surface area is 85.7 Å². The zero-order chi connectivity index (χ0) is 9.64. The van der Waals surface area contributed by atoms with Gasteiger partial charge in [-0.1, -0.05) is 42.2 Å². The smallest absolute Gasteiger partial charge is 0.0386 e. The van der Waals surface area contributed by atoms with E-state index in [-0.39, 0.29) is 0 Å². The van der Waals surface area contributed by atoms with Crippen LogP contribution in [0, 0.1) is 17.8 Å². The summed E-state index contributed by atoms with van der Waals surface area (Å²) in [6.07, 6.45) is 8.21. The molecule has 0 saturated carbocycles. The lowest BCUT2D eigenvalue weighted by molar-refractivity contribution is 0.645. The predicted octanol–water partition coefficient (Wildman–Crippen LogP) is 3.39. The lowest BCUT2D eigenvalue weighted by atomic mass is 9.96. The summed E-state index contributed by atoms with van der Waals surface area (Å²) in [5.74, 6) is 6.99. The molecule has 1 atom stereocenters. The molecule has 70 valence electrons. The van der Waals surface area contributed by atoms with Crippen molar-refractivity contribution < 1.29 is 0 Å². The van der Waals surface area contributed by atoms with Gasteiger partial charge >= 0.3 is 0 Å². The molecule has 0 amide bonds. The van der Waals surface area contributed by atoms with E-state index < -0.39 is 0 Å². The molecule has 0 fully saturated rings. The molecule has 0 aliphatic heterocycles. The van der Waals surface area contributed by atoms with E-state index in [1.54, 1.807) is 0 Å². The van der Waals surface area contributed by atoms with Crippen molar-refractivity contribution >= 4 is 0 Å². The van der Waals surface area contributed by atoms with E-state index in [0.717, 1.165) is 5.56 Å². The van der Waals surface area contributed by atoms with Crippen LogP contribution in [0.25, 0.3) is 0 Å². The molecule has 2 rings (SSSR count). The Balaban J connectivity index is 2.06. The second-order valence-corrected chi connectivity index (χ2v) is 3.60. The van der Waals surface area contributed by atoms with Crippen LogP contribution in [-0.2, 0) is 0 Å². The number of benzene rings is 1. The maximum Gasteiger partial charge on any atom is 0.0386 e. The van der Waals surface area contributed by atoms with Crippen molar-refractivity contribution in [3.63, 3.8) is 0 Å². The minimum atomic E-state index is 0.476. The summed E-state index contributed by atoms with van der Waals surface area (Å²) in [5.41, 5.74) is 1.12. The Morgan fingerprint density at radius 2 is 2.00 bits per heavy atom. The molecule has 0 radical (unpaired) electrons. The van der Waals surface area contributed by atoms with Crippen LogP contribution in [0.1, 0.15) is 24.8 Å². The van der Waals surface area contributed by atoms with E-state index in [1.807, 2.05) is 18.2 Å². The van der Waals surface area contributed by atoms with Gasteiger partial charge in [0.15, 0.2) is 0 Å². The third kappa shape index (κ3) is 2.50. The molecule has 0 nitrogen and oxygen atoms in total. The summed E-state index contributed by atoms with van der Waals surface area (Å²) in [4.78, 5) is 0. The SMILES string of the molecule is C(#C[C@H]1C=CCCC1)c1ccccc1. The van der Waals surface area contributed by atoms with Crippen LogP contribution in [-0.4, -0.2) is 0 Å². The highest BCUT2D eigenvalue weighted by Crippen LogP contribution is 2.15. The number of allylic oxidation sites excluding steroid dienone is 2. The van der Waals surface area contributed by atoms with Gasteiger partial charge in [-0.3, -0.25) is 0 Å². The van der Waals surface area contributed by atoms with Gasteiger partial charge in [-0.2, -0.15) is 0 Å². The van der Waals surface area contributed by atoms with Crippen LogP contribution in [0.5, 0.6) is 0 Å². The molecule has 0 aromatic heterocycles. The summed E-state index contributed by atoms with van der Waals surface area (Å²) in [5, 5.41) is 0. The number of hydrogen-bond donors (Lipinski definition) is 0. The van der Waals surface area contributed by atoms with Gasteiger partial charge in [0.25, 0.3) is 0 Å². The van der Waals surface area contributed by atoms with Crippen LogP contribution < -0.4 is 0 Å². The summed E-state index contributed by atoms with van der Waals surface area (Å²) in [7, 11) is 0. The molecular formula is C14H14.